The van der Waals surface area contributed by atoms with Gasteiger partial charge >= 0.3 is 12.3 Å². The summed E-state index contributed by atoms with van der Waals surface area (Å²) in [7, 11) is 0. The van der Waals surface area contributed by atoms with E-state index in [0.29, 0.717) is 0 Å². The van der Waals surface area contributed by atoms with Crippen LogP contribution in [0.2, 0.25) is 0 Å². The van der Waals surface area contributed by atoms with Crippen LogP contribution in [0.15, 0.2) is 0 Å². The highest BCUT2D eigenvalue weighted by molar-refractivity contribution is 7.94. The molecule has 0 radical (unpaired) electrons. The van der Waals surface area contributed by atoms with Crippen molar-refractivity contribution < 1.29 is 68.4 Å². The summed E-state index contributed by atoms with van der Waals surface area (Å²) in [5.41, 5.74) is 0. The molecule has 0 heterocycles. The third-order valence-electron chi connectivity index (χ3n) is 0.298. The highest BCUT2D eigenvalue weighted by atomic mass is 32.2. The van der Waals surface area contributed by atoms with Gasteiger partial charge in [-0.3, -0.25) is 0 Å². The van der Waals surface area contributed by atoms with Gasteiger partial charge in [0.2, 0.25) is 0 Å². The van der Waals surface area contributed by atoms with Gasteiger partial charge in [0.1, 0.15) is 0 Å². The highest BCUT2D eigenvalue weighted by Crippen LogP contribution is 1.85. The average molecular weight is 444 g/mol. The van der Waals surface area contributed by atoms with Crippen molar-refractivity contribution in [2.75, 3.05) is 25.0 Å². The molecule has 0 amide bonds. The van der Waals surface area contributed by atoms with Gasteiger partial charge in [-0.1, -0.05) is 0 Å². The molecule has 0 rings (SSSR count). The monoisotopic (exact) mass is 444 g/mol. The van der Waals surface area contributed by atoms with Gasteiger partial charge in [0.05, 0.1) is 0 Å². The zero-order chi connectivity index (χ0) is 20.8. The summed E-state index contributed by atoms with van der Waals surface area (Å²) in [6.45, 7) is 0. The van der Waals surface area contributed by atoms with Gasteiger partial charge in [-0.15, -0.1) is 0 Å². The molecule has 0 aromatic heterocycles. The molecule has 0 saturated heterocycles. The van der Waals surface area contributed by atoms with Crippen molar-refractivity contribution >= 4 is 60.5 Å². The van der Waals surface area contributed by atoms with Crippen LogP contribution in [0.5, 0.6) is 0 Å². The summed E-state index contributed by atoms with van der Waals surface area (Å²) in [6.07, 6.45) is 2.83. The first-order valence-electron chi connectivity index (χ1n) is 4.33. The Morgan fingerprint density at radius 1 is 0.542 bits per heavy atom. The van der Waals surface area contributed by atoms with Gasteiger partial charge in [0.15, 0.2) is 0 Å². The van der Waals surface area contributed by atoms with Crippen molar-refractivity contribution in [3.63, 3.8) is 0 Å². The first-order valence-corrected chi connectivity index (χ1v) is 8.93. The Hall–Kier alpha value is -0.380. The van der Waals surface area contributed by atoms with E-state index in [2.05, 4.69) is 17.3 Å². The topological polar surface area (TPSA) is 233 Å². The largest absolute Gasteiger partial charge is 0.503 e. The number of hydrogen-bond donors (Lipinski definition) is 8. The van der Waals surface area contributed by atoms with Crippen molar-refractivity contribution in [1.29, 1.82) is 0 Å². The molecule has 0 saturated carbocycles. The molecular formula is C6H20O14S4. The Kier molecular flexibility index (Phi) is 92.4. The van der Waals surface area contributed by atoms with E-state index in [0.717, 1.165) is 48.2 Å². The Balaban J connectivity index is -0.0000000405. The molecule has 14 nitrogen and oxygen atoms in total. The summed E-state index contributed by atoms with van der Waals surface area (Å²) >= 11 is 3.65. The first kappa shape index (κ1) is 38.9. The maximum Gasteiger partial charge on any atom is 0.503 e. The average Bonchev–Trinajstić information content (AvgIpc) is 2.54. The number of carboxylic acid groups (broad SMARTS) is 4. The highest BCUT2D eigenvalue weighted by Gasteiger charge is 1.70. The van der Waals surface area contributed by atoms with Gasteiger partial charge in [-0.05, 0) is 0 Å². The molecule has 0 atom stereocenters. The molecule has 24 heavy (non-hydrogen) atoms. The number of carbonyl (C=O) groups is 2. The van der Waals surface area contributed by atoms with Crippen molar-refractivity contribution in [2.24, 2.45) is 0 Å². The minimum atomic E-state index is -1.83. The fourth-order valence-electron chi connectivity index (χ4n) is 0. The molecule has 152 valence electrons. The summed E-state index contributed by atoms with van der Waals surface area (Å²) in [5, 5.41) is 57.2. The van der Waals surface area contributed by atoms with Crippen LogP contribution in [0, 0.1) is 0 Å². The lowest BCUT2D eigenvalue weighted by molar-refractivity contribution is -0.115. The smallest absolute Gasteiger partial charge is 0.450 e. The molecule has 0 aromatic carbocycles. The van der Waals surface area contributed by atoms with Crippen LogP contribution in [-0.2, 0) is 17.3 Å². The predicted molar refractivity (Wildman–Crippen MR) is 90.2 cm³/mol. The first-order chi connectivity index (χ1) is 11.1. The molecule has 0 bridgehead atoms. The second-order valence-electron chi connectivity index (χ2n) is 1.53. The lowest BCUT2D eigenvalue weighted by atomic mass is 11.5. The zero-order valence-electron chi connectivity index (χ0n) is 12.7. The molecule has 0 aliphatic rings. The van der Waals surface area contributed by atoms with E-state index in [1.165, 1.54) is 0 Å². The Labute approximate surface area is 154 Å². The summed E-state index contributed by atoms with van der Waals surface area (Å²) in [5.74, 6) is 0. The maximum absolute atomic E-state index is 8.56. The standard InChI is InChI=1S/2CH2O3.4CH4O2S/c2*2-1(3)4;4*1-4-3-2/h2*(H2,2,3,4);4*2H,1H3. The molecule has 8 N–H and O–H groups in total. The van der Waals surface area contributed by atoms with E-state index in [9.17, 15) is 0 Å². The van der Waals surface area contributed by atoms with Crippen LogP contribution >= 0.6 is 48.2 Å². The minimum absolute atomic E-state index is 0.912. The fourth-order valence-corrected chi connectivity index (χ4v) is 0. The normalized spacial score (nSPS) is 7.00. The van der Waals surface area contributed by atoms with Crippen LogP contribution in [0.3, 0.4) is 0 Å². The van der Waals surface area contributed by atoms with Gasteiger partial charge in [0, 0.05) is 73.2 Å². The quantitative estimate of drug-likeness (QED) is 0.176. The van der Waals surface area contributed by atoms with Gasteiger partial charge < -0.3 is 20.4 Å². The Bertz CT molecular complexity index is 154. The molecule has 18 heteroatoms. The summed E-state index contributed by atoms with van der Waals surface area (Å²) in [6, 6.07) is 0. The van der Waals surface area contributed by atoms with Crippen molar-refractivity contribution in [3.05, 3.63) is 0 Å². The van der Waals surface area contributed by atoms with E-state index in [4.69, 9.17) is 51.0 Å². The molecule has 0 aromatic rings. The van der Waals surface area contributed by atoms with E-state index in [1.54, 1.807) is 25.0 Å². The van der Waals surface area contributed by atoms with Crippen LogP contribution in [0.4, 0.5) is 9.59 Å². The van der Waals surface area contributed by atoms with Gasteiger partial charge in [0.25, 0.3) is 0 Å². The van der Waals surface area contributed by atoms with Crippen LogP contribution in [-0.4, -0.2) is 78.8 Å². The second-order valence-corrected chi connectivity index (χ2v) is 3.46. The Morgan fingerprint density at radius 2 is 0.583 bits per heavy atom. The lowest BCUT2D eigenvalue weighted by Gasteiger charge is -1.71. The maximum atomic E-state index is 8.56. The third kappa shape index (κ3) is 701. The molecule has 0 unspecified atom stereocenters. The molecule has 0 aliphatic carbocycles. The third-order valence-corrected chi connectivity index (χ3v) is 0.894. The molecular weight excluding hydrogens is 424 g/mol. The second kappa shape index (κ2) is 57.0. The van der Waals surface area contributed by atoms with Gasteiger partial charge in [-0.25, -0.2) is 30.6 Å². The summed E-state index contributed by atoms with van der Waals surface area (Å²) < 4.78 is 13.8. The molecule has 0 aliphatic heterocycles. The number of rotatable bonds is 4. The van der Waals surface area contributed by atoms with E-state index >= 15 is 0 Å². The van der Waals surface area contributed by atoms with E-state index in [-0.39, 0.29) is 0 Å². The summed E-state index contributed by atoms with van der Waals surface area (Å²) in [4.78, 5) is 17.1. The minimum Gasteiger partial charge on any atom is -0.450 e. The van der Waals surface area contributed by atoms with Crippen LogP contribution < -0.4 is 0 Å². The van der Waals surface area contributed by atoms with Crippen molar-refractivity contribution in [1.82, 2.24) is 0 Å². The number of hydrogen-bond acceptors (Lipinski definition) is 14. The van der Waals surface area contributed by atoms with Gasteiger partial charge in [-0.2, -0.15) is 17.3 Å². The van der Waals surface area contributed by atoms with E-state index < -0.39 is 12.3 Å². The van der Waals surface area contributed by atoms with Crippen LogP contribution in [0.1, 0.15) is 0 Å². The molecule has 0 spiro atoms. The molecule has 0 fully saturated rings. The van der Waals surface area contributed by atoms with Crippen molar-refractivity contribution in [2.45, 2.75) is 0 Å². The Morgan fingerprint density at radius 3 is 0.583 bits per heavy atom. The fraction of sp³-hybridized carbons (Fsp3) is 0.667. The van der Waals surface area contributed by atoms with E-state index in [1.807, 2.05) is 0 Å². The SMILES string of the molecule is CSOO.CSOO.CSOO.CSOO.O=C(O)O.O=C(O)O. The van der Waals surface area contributed by atoms with Crippen molar-refractivity contribution in [3.8, 4) is 0 Å². The van der Waals surface area contributed by atoms with Crippen LogP contribution in [0.25, 0.3) is 0 Å². The predicted octanol–water partition coefficient (Wildman–Crippen LogP) is 3.46. The lowest BCUT2D eigenvalue weighted by Crippen LogP contribution is -1.81. The zero-order valence-corrected chi connectivity index (χ0v) is 15.9.